The summed E-state index contributed by atoms with van der Waals surface area (Å²) in [5.41, 5.74) is 0.450. The number of sulfonamides is 1. The molecule has 2 aromatic carbocycles. The molecule has 0 amide bonds. The Balaban J connectivity index is 2.14. The summed E-state index contributed by atoms with van der Waals surface area (Å²) in [5.74, 6) is 0.360. The fraction of sp³-hybridized carbons (Fsp3) is 0.222. The highest BCUT2D eigenvalue weighted by Gasteiger charge is 2.19. The van der Waals surface area contributed by atoms with E-state index < -0.39 is 21.1 Å². The van der Waals surface area contributed by atoms with Gasteiger partial charge in [0.25, 0.3) is 10.0 Å². The van der Waals surface area contributed by atoms with Crippen LogP contribution in [0.1, 0.15) is 5.56 Å². The van der Waals surface area contributed by atoms with Crippen LogP contribution in [-0.4, -0.2) is 24.7 Å². The second-order valence-electron chi connectivity index (χ2n) is 6.29. The fourth-order valence-corrected chi connectivity index (χ4v) is 4.32. The van der Waals surface area contributed by atoms with E-state index >= 15 is 0 Å². The van der Waals surface area contributed by atoms with E-state index in [4.69, 9.17) is 16.3 Å². The zero-order valence-electron chi connectivity index (χ0n) is 15.6. The number of methoxy groups -OCH3 is 1. The van der Waals surface area contributed by atoms with Gasteiger partial charge in [-0.15, -0.1) is 0 Å². The van der Waals surface area contributed by atoms with Crippen LogP contribution >= 0.6 is 11.6 Å². The summed E-state index contributed by atoms with van der Waals surface area (Å²) in [6.45, 7) is 1.70. The molecule has 0 saturated carbocycles. The zero-order chi connectivity index (χ0) is 20.8. The molecular weight excluding hydrogens is 406 g/mol. The molecule has 1 aromatic heterocycles. The Bertz CT molecular complexity index is 1330. The maximum absolute atomic E-state index is 12.8. The van der Waals surface area contributed by atoms with E-state index in [1.165, 1.54) is 54.6 Å². The summed E-state index contributed by atoms with van der Waals surface area (Å²) in [6.07, 6.45) is 0. The number of nitrogens with one attached hydrogen (secondary N) is 1. The average molecular weight is 424 g/mol. The van der Waals surface area contributed by atoms with Crippen molar-refractivity contribution in [3.05, 3.63) is 61.6 Å². The van der Waals surface area contributed by atoms with Crippen LogP contribution in [0.2, 0.25) is 5.02 Å². The van der Waals surface area contributed by atoms with E-state index in [-0.39, 0.29) is 15.6 Å². The van der Waals surface area contributed by atoms with Gasteiger partial charge in [-0.05, 0) is 42.8 Å². The van der Waals surface area contributed by atoms with Crippen LogP contribution in [-0.2, 0) is 24.1 Å². The zero-order valence-corrected chi connectivity index (χ0v) is 17.2. The number of aromatic nitrogens is 2. The molecule has 148 valence electrons. The predicted molar refractivity (Wildman–Crippen MR) is 108 cm³/mol. The van der Waals surface area contributed by atoms with Gasteiger partial charge in [0.2, 0.25) is 0 Å². The summed E-state index contributed by atoms with van der Waals surface area (Å²) in [5, 5.41) is 0.165. The SMILES string of the molecule is COc1ccc(S(=O)(=O)Nc2cc3c(cc2C)n(C)c(=O)c(=O)n3C)cc1Cl. The highest BCUT2D eigenvalue weighted by atomic mass is 35.5. The van der Waals surface area contributed by atoms with Crippen LogP contribution in [0.4, 0.5) is 5.69 Å². The van der Waals surface area contributed by atoms with Crippen molar-refractivity contribution in [2.75, 3.05) is 11.8 Å². The van der Waals surface area contributed by atoms with Crippen LogP contribution in [0.25, 0.3) is 11.0 Å². The van der Waals surface area contributed by atoms with Crippen LogP contribution in [0.15, 0.2) is 44.8 Å². The lowest BCUT2D eigenvalue weighted by Gasteiger charge is -2.15. The van der Waals surface area contributed by atoms with Gasteiger partial charge in [0.1, 0.15) is 5.75 Å². The normalized spacial score (nSPS) is 11.6. The largest absolute Gasteiger partial charge is 0.495 e. The molecule has 0 atom stereocenters. The lowest BCUT2D eigenvalue weighted by molar-refractivity contribution is 0.414. The molecule has 0 aliphatic heterocycles. The molecule has 3 rings (SSSR count). The van der Waals surface area contributed by atoms with Gasteiger partial charge in [0.15, 0.2) is 0 Å². The standard InChI is InChI=1S/C18H18ClN3O5S/c1-10-7-14-15(22(3)18(24)17(23)21(14)2)9-13(10)20-28(25,26)11-5-6-16(27-4)12(19)8-11/h5-9,20H,1-4H3. The van der Waals surface area contributed by atoms with Gasteiger partial charge in [-0.25, -0.2) is 8.42 Å². The Kier molecular flexibility index (Phi) is 4.99. The molecular formula is C18H18ClN3O5S. The van der Waals surface area contributed by atoms with E-state index in [1.54, 1.807) is 13.0 Å². The minimum Gasteiger partial charge on any atom is -0.495 e. The Morgan fingerprint density at radius 3 is 2.11 bits per heavy atom. The van der Waals surface area contributed by atoms with Gasteiger partial charge in [0, 0.05) is 14.1 Å². The highest BCUT2D eigenvalue weighted by molar-refractivity contribution is 7.92. The molecule has 1 N–H and O–H groups in total. The van der Waals surface area contributed by atoms with E-state index in [0.717, 1.165) is 0 Å². The molecule has 0 spiro atoms. The number of hydrogen-bond acceptors (Lipinski definition) is 5. The first-order chi connectivity index (χ1) is 13.1. The van der Waals surface area contributed by atoms with Crippen LogP contribution in [0.3, 0.4) is 0 Å². The number of anilines is 1. The maximum Gasteiger partial charge on any atom is 0.316 e. The van der Waals surface area contributed by atoms with Gasteiger partial charge < -0.3 is 13.9 Å². The third-order valence-corrected chi connectivity index (χ3v) is 6.17. The summed E-state index contributed by atoms with van der Waals surface area (Å²) in [7, 11) is 0.451. The number of ether oxygens (including phenoxy) is 1. The third-order valence-electron chi connectivity index (χ3n) is 4.51. The minimum absolute atomic E-state index is 0.0350. The Morgan fingerprint density at radius 1 is 1.00 bits per heavy atom. The van der Waals surface area contributed by atoms with Crippen molar-refractivity contribution >= 4 is 38.3 Å². The molecule has 0 aliphatic carbocycles. The smallest absolute Gasteiger partial charge is 0.316 e. The van der Waals surface area contributed by atoms with Crippen LogP contribution < -0.4 is 20.6 Å². The first kappa shape index (κ1) is 20.0. The molecule has 0 radical (unpaired) electrons. The van der Waals surface area contributed by atoms with E-state index in [2.05, 4.69) is 4.72 Å². The van der Waals surface area contributed by atoms with Crippen molar-refractivity contribution < 1.29 is 13.2 Å². The van der Waals surface area contributed by atoms with Crippen molar-refractivity contribution in [2.45, 2.75) is 11.8 Å². The molecule has 0 fully saturated rings. The molecule has 0 bridgehead atoms. The summed E-state index contributed by atoms with van der Waals surface area (Å²) < 4.78 is 35.5. The molecule has 0 saturated heterocycles. The number of benzene rings is 2. The molecule has 3 aromatic rings. The van der Waals surface area contributed by atoms with Crippen LogP contribution in [0, 0.1) is 6.92 Å². The molecule has 0 aliphatic rings. The molecule has 1 heterocycles. The fourth-order valence-electron chi connectivity index (χ4n) is 2.85. The van der Waals surface area contributed by atoms with Crippen molar-refractivity contribution in [3.8, 4) is 5.75 Å². The third kappa shape index (κ3) is 3.27. The van der Waals surface area contributed by atoms with Gasteiger partial charge in [0.05, 0.1) is 33.7 Å². The van der Waals surface area contributed by atoms with E-state index in [1.807, 2.05) is 0 Å². The Morgan fingerprint density at radius 2 is 1.57 bits per heavy atom. The Labute approximate surface area is 166 Å². The van der Waals surface area contributed by atoms with Crippen molar-refractivity contribution in [2.24, 2.45) is 14.1 Å². The average Bonchev–Trinajstić information content (AvgIpc) is 2.65. The number of rotatable bonds is 4. The summed E-state index contributed by atoms with van der Waals surface area (Å²) in [4.78, 5) is 24.0. The molecule has 0 unspecified atom stereocenters. The highest BCUT2D eigenvalue weighted by Crippen LogP contribution is 2.29. The molecule has 10 heteroatoms. The molecule has 8 nitrogen and oxygen atoms in total. The first-order valence-electron chi connectivity index (χ1n) is 8.13. The van der Waals surface area contributed by atoms with Gasteiger partial charge in [-0.3, -0.25) is 14.3 Å². The lowest BCUT2D eigenvalue weighted by Crippen LogP contribution is -2.39. The van der Waals surface area contributed by atoms with Gasteiger partial charge in [-0.2, -0.15) is 0 Å². The van der Waals surface area contributed by atoms with Gasteiger partial charge >= 0.3 is 11.1 Å². The van der Waals surface area contributed by atoms with E-state index in [0.29, 0.717) is 22.3 Å². The second kappa shape index (κ2) is 6.99. The monoisotopic (exact) mass is 423 g/mol. The number of hydrogen-bond donors (Lipinski definition) is 1. The summed E-state index contributed by atoms with van der Waals surface area (Å²) >= 11 is 6.03. The first-order valence-corrected chi connectivity index (χ1v) is 9.99. The van der Waals surface area contributed by atoms with Crippen molar-refractivity contribution in [1.82, 2.24) is 9.13 Å². The van der Waals surface area contributed by atoms with Gasteiger partial charge in [-0.1, -0.05) is 11.6 Å². The lowest BCUT2D eigenvalue weighted by atomic mass is 10.1. The Hall–Kier alpha value is -2.78. The number of nitrogens with zero attached hydrogens (tertiary/aromatic N) is 2. The van der Waals surface area contributed by atoms with Crippen LogP contribution in [0.5, 0.6) is 5.75 Å². The topological polar surface area (TPSA) is 99.4 Å². The minimum atomic E-state index is -3.94. The maximum atomic E-state index is 12.8. The number of halogens is 1. The second-order valence-corrected chi connectivity index (χ2v) is 8.38. The molecule has 28 heavy (non-hydrogen) atoms. The quantitative estimate of drug-likeness (QED) is 0.647. The number of fused-ring (bicyclic) bond motifs is 1. The predicted octanol–water partition coefficient (Wildman–Crippen LogP) is 2.01. The summed E-state index contributed by atoms with van der Waals surface area (Å²) in [6, 6.07) is 7.30. The van der Waals surface area contributed by atoms with Crippen molar-refractivity contribution in [1.29, 1.82) is 0 Å². The van der Waals surface area contributed by atoms with E-state index in [9.17, 15) is 18.0 Å². The number of aryl methyl sites for hydroxylation is 3. The van der Waals surface area contributed by atoms with Crippen molar-refractivity contribution in [3.63, 3.8) is 0 Å².